The number of aromatic nitrogens is 1. The van der Waals surface area contributed by atoms with Gasteiger partial charge < -0.3 is 10.4 Å². The molecule has 4 nitrogen and oxygen atoms in total. The molecule has 1 aliphatic rings. The van der Waals surface area contributed by atoms with E-state index in [0.717, 1.165) is 12.0 Å². The Kier molecular flexibility index (Phi) is 5.14. The summed E-state index contributed by atoms with van der Waals surface area (Å²) in [5.74, 6) is 6.14. The molecule has 1 saturated carbocycles. The van der Waals surface area contributed by atoms with Crippen LogP contribution < -0.4 is 5.32 Å². The molecule has 4 heteroatoms. The SMILES string of the molecule is CC1CCCC1NC(=O)c1ccc(C#CCCO)cn1. The zero-order valence-electron chi connectivity index (χ0n) is 11.7. The van der Waals surface area contributed by atoms with Gasteiger partial charge in [0, 0.05) is 24.2 Å². The van der Waals surface area contributed by atoms with Crippen molar-refractivity contribution in [3.63, 3.8) is 0 Å². The highest BCUT2D eigenvalue weighted by Crippen LogP contribution is 2.24. The second kappa shape index (κ2) is 7.06. The van der Waals surface area contributed by atoms with E-state index in [1.54, 1.807) is 18.3 Å². The Balaban J connectivity index is 1.95. The highest BCUT2D eigenvalue weighted by atomic mass is 16.2. The van der Waals surface area contributed by atoms with Crippen molar-refractivity contribution in [1.82, 2.24) is 10.3 Å². The van der Waals surface area contributed by atoms with Crippen molar-refractivity contribution in [2.75, 3.05) is 6.61 Å². The van der Waals surface area contributed by atoms with Crippen molar-refractivity contribution in [3.05, 3.63) is 29.6 Å². The summed E-state index contributed by atoms with van der Waals surface area (Å²) in [6.07, 6.45) is 5.45. The van der Waals surface area contributed by atoms with Crippen LogP contribution in [0.1, 0.15) is 48.7 Å². The van der Waals surface area contributed by atoms with Crippen molar-refractivity contribution < 1.29 is 9.90 Å². The van der Waals surface area contributed by atoms with Crippen LogP contribution in [0.3, 0.4) is 0 Å². The zero-order valence-corrected chi connectivity index (χ0v) is 11.7. The van der Waals surface area contributed by atoms with Crippen molar-refractivity contribution in [1.29, 1.82) is 0 Å². The highest BCUT2D eigenvalue weighted by Gasteiger charge is 2.25. The smallest absolute Gasteiger partial charge is 0.270 e. The highest BCUT2D eigenvalue weighted by molar-refractivity contribution is 5.92. The molecule has 2 unspecified atom stereocenters. The second-order valence-corrected chi connectivity index (χ2v) is 5.20. The van der Waals surface area contributed by atoms with Gasteiger partial charge in [-0.2, -0.15) is 0 Å². The van der Waals surface area contributed by atoms with E-state index in [9.17, 15) is 4.79 Å². The lowest BCUT2D eigenvalue weighted by Gasteiger charge is -2.16. The van der Waals surface area contributed by atoms with Gasteiger partial charge in [0.05, 0.1) is 6.61 Å². The van der Waals surface area contributed by atoms with Crippen LogP contribution in [0.4, 0.5) is 0 Å². The topological polar surface area (TPSA) is 62.2 Å². The Hall–Kier alpha value is -1.86. The maximum atomic E-state index is 12.1. The molecule has 1 aromatic rings. The van der Waals surface area contributed by atoms with Crippen LogP contribution >= 0.6 is 0 Å². The van der Waals surface area contributed by atoms with E-state index in [1.165, 1.54) is 12.8 Å². The molecule has 2 atom stereocenters. The number of amides is 1. The first-order chi connectivity index (χ1) is 9.70. The third kappa shape index (κ3) is 3.82. The predicted molar refractivity (Wildman–Crippen MR) is 77.1 cm³/mol. The Morgan fingerprint density at radius 3 is 2.95 bits per heavy atom. The Morgan fingerprint density at radius 2 is 2.35 bits per heavy atom. The van der Waals surface area contributed by atoms with Gasteiger partial charge in [0.15, 0.2) is 0 Å². The monoisotopic (exact) mass is 272 g/mol. The van der Waals surface area contributed by atoms with Gasteiger partial charge in [0.1, 0.15) is 5.69 Å². The first kappa shape index (κ1) is 14.5. The first-order valence-electron chi connectivity index (χ1n) is 7.07. The summed E-state index contributed by atoms with van der Waals surface area (Å²) in [7, 11) is 0. The number of rotatable bonds is 3. The van der Waals surface area contributed by atoms with E-state index >= 15 is 0 Å². The van der Waals surface area contributed by atoms with Gasteiger partial charge in [-0.3, -0.25) is 4.79 Å². The quantitative estimate of drug-likeness (QED) is 0.824. The summed E-state index contributed by atoms with van der Waals surface area (Å²) in [4.78, 5) is 16.2. The summed E-state index contributed by atoms with van der Waals surface area (Å²) in [5.41, 5.74) is 1.18. The third-order valence-electron chi connectivity index (χ3n) is 3.64. The molecule has 1 aliphatic carbocycles. The van der Waals surface area contributed by atoms with E-state index in [1.807, 2.05) is 0 Å². The van der Waals surface area contributed by atoms with E-state index in [2.05, 4.69) is 29.1 Å². The summed E-state index contributed by atoms with van der Waals surface area (Å²) in [6, 6.07) is 3.75. The first-order valence-corrected chi connectivity index (χ1v) is 7.07. The number of hydrogen-bond donors (Lipinski definition) is 2. The third-order valence-corrected chi connectivity index (χ3v) is 3.64. The zero-order chi connectivity index (χ0) is 14.4. The van der Waals surface area contributed by atoms with Gasteiger partial charge in [-0.25, -0.2) is 4.98 Å². The minimum Gasteiger partial charge on any atom is -0.395 e. The number of aliphatic hydroxyl groups excluding tert-OH is 1. The fourth-order valence-electron chi connectivity index (χ4n) is 2.42. The van der Waals surface area contributed by atoms with Gasteiger partial charge in [-0.1, -0.05) is 25.2 Å². The Morgan fingerprint density at radius 1 is 1.50 bits per heavy atom. The molecule has 106 valence electrons. The average molecular weight is 272 g/mol. The molecule has 0 saturated heterocycles. The molecule has 0 aromatic carbocycles. The lowest BCUT2D eigenvalue weighted by Crippen LogP contribution is -2.36. The summed E-state index contributed by atoms with van der Waals surface area (Å²) in [6.45, 7) is 2.23. The van der Waals surface area contributed by atoms with Crippen molar-refractivity contribution in [3.8, 4) is 11.8 Å². The average Bonchev–Trinajstić information content (AvgIpc) is 2.85. The molecule has 2 N–H and O–H groups in total. The maximum absolute atomic E-state index is 12.1. The minimum atomic E-state index is -0.112. The van der Waals surface area contributed by atoms with Crippen LogP contribution in [0.25, 0.3) is 0 Å². The fraction of sp³-hybridized carbons (Fsp3) is 0.500. The number of carbonyl (C=O) groups excluding carboxylic acids is 1. The van der Waals surface area contributed by atoms with Crippen molar-refractivity contribution in [2.45, 2.75) is 38.6 Å². The number of nitrogens with one attached hydrogen (secondary N) is 1. The number of aliphatic hydroxyl groups is 1. The number of pyridine rings is 1. The van der Waals surface area contributed by atoms with Crippen LogP contribution in [0.2, 0.25) is 0 Å². The van der Waals surface area contributed by atoms with Gasteiger partial charge in [-0.15, -0.1) is 0 Å². The van der Waals surface area contributed by atoms with Gasteiger partial charge in [0.2, 0.25) is 0 Å². The van der Waals surface area contributed by atoms with E-state index < -0.39 is 0 Å². The van der Waals surface area contributed by atoms with Crippen LogP contribution in [0.5, 0.6) is 0 Å². The molecule has 2 rings (SSSR count). The largest absolute Gasteiger partial charge is 0.395 e. The minimum absolute atomic E-state index is 0.0560. The normalized spacial score (nSPS) is 21.1. The molecule has 0 spiro atoms. The molecule has 1 heterocycles. The molecule has 1 fully saturated rings. The Labute approximate surface area is 119 Å². The predicted octanol–water partition coefficient (Wildman–Crippen LogP) is 1.73. The molecular formula is C16H20N2O2. The van der Waals surface area contributed by atoms with Crippen molar-refractivity contribution >= 4 is 5.91 Å². The number of carbonyl (C=O) groups is 1. The second-order valence-electron chi connectivity index (χ2n) is 5.20. The fourth-order valence-corrected chi connectivity index (χ4v) is 2.42. The molecule has 0 bridgehead atoms. The lowest BCUT2D eigenvalue weighted by molar-refractivity contribution is 0.0924. The summed E-state index contributed by atoms with van der Waals surface area (Å²) < 4.78 is 0. The summed E-state index contributed by atoms with van der Waals surface area (Å²) >= 11 is 0. The molecular weight excluding hydrogens is 252 g/mol. The van der Waals surface area contributed by atoms with Crippen LogP contribution in [-0.4, -0.2) is 28.6 Å². The molecule has 0 radical (unpaired) electrons. The van der Waals surface area contributed by atoms with Gasteiger partial charge in [0.25, 0.3) is 5.91 Å². The van der Waals surface area contributed by atoms with E-state index in [4.69, 9.17) is 5.11 Å². The standard InChI is InChI=1S/C16H20N2O2/c1-12-5-4-7-14(12)18-16(20)15-9-8-13(11-17-15)6-2-3-10-19/h8-9,11-12,14,19H,3-5,7,10H2,1H3,(H,18,20). The number of hydrogen-bond acceptors (Lipinski definition) is 3. The van der Waals surface area contributed by atoms with Crippen LogP contribution in [0.15, 0.2) is 18.3 Å². The van der Waals surface area contributed by atoms with Gasteiger partial charge >= 0.3 is 0 Å². The number of nitrogens with zero attached hydrogens (tertiary/aromatic N) is 1. The van der Waals surface area contributed by atoms with E-state index in [0.29, 0.717) is 18.0 Å². The van der Waals surface area contributed by atoms with E-state index in [-0.39, 0.29) is 18.6 Å². The molecule has 1 amide bonds. The maximum Gasteiger partial charge on any atom is 0.270 e. The van der Waals surface area contributed by atoms with Crippen LogP contribution in [-0.2, 0) is 0 Å². The molecule has 0 aliphatic heterocycles. The lowest BCUT2D eigenvalue weighted by atomic mass is 10.1. The van der Waals surface area contributed by atoms with Gasteiger partial charge in [-0.05, 0) is 30.9 Å². The van der Waals surface area contributed by atoms with Crippen LogP contribution in [0, 0.1) is 17.8 Å². The Bertz CT molecular complexity index is 514. The molecule has 1 aromatic heterocycles. The van der Waals surface area contributed by atoms with Crippen molar-refractivity contribution in [2.24, 2.45) is 5.92 Å². The molecule has 20 heavy (non-hydrogen) atoms. The summed E-state index contributed by atoms with van der Waals surface area (Å²) in [5, 5.41) is 11.7.